The SMILES string of the molecule is COc1ccccc1N(C)S(=O)(=O)c1ccc(C(=O)N[C@@H](C)CN)cc1.Cl. The van der Waals surface area contributed by atoms with Crippen molar-refractivity contribution >= 4 is 34.0 Å². The van der Waals surface area contributed by atoms with Gasteiger partial charge in [0.1, 0.15) is 5.75 Å². The van der Waals surface area contributed by atoms with Gasteiger partial charge in [0.05, 0.1) is 17.7 Å². The number of sulfonamides is 1. The first-order valence-corrected chi connectivity index (χ1v) is 9.48. The molecular formula is C18H24ClN3O4S. The zero-order valence-electron chi connectivity index (χ0n) is 15.4. The Labute approximate surface area is 166 Å². The third-order valence-corrected chi connectivity index (χ3v) is 5.72. The molecule has 0 saturated heterocycles. The van der Waals surface area contributed by atoms with Crippen LogP contribution in [0, 0.1) is 0 Å². The molecule has 3 N–H and O–H groups in total. The van der Waals surface area contributed by atoms with Crippen molar-refractivity contribution in [2.24, 2.45) is 5.73 Å². The number of halogens is 1. The highest BCUT2D eigenvalue weighted by molar-refractivity contribution is 7.92. The second kappa shape index (κ2) is 9.59. The van der Waals surface area contributed by atoms with Gasteiger partial charge in [0.25, 0.3) is 15.9 Å². The number of benzene rings is 2. The van der Waals surface area contributed by atoms with E-state index in [-0.39, 0.29) is 29.3 Å². The van der Waals surface area contributed by atoms with Crippen LogP contribution in [0.2, 0.25) is 0 Å². The monoisotopic (exact) mass is 413 g/mol. The Balaban J connectivity index is 0.00000364. The molecule has 0 unspecified atom stereocenters. The maximum Gasteiger partial charge on any atom is 0.264 e. The largest absolute Gasteiger partial charge is 0.495 e. The molecule has 0 aliphatic rings. The average molecular weight is 414 g/mol. The molecule has 2 rings (SSSR count). The lowest BCUT2D eigenvalue weighted by Crippen LogP contribution is -2.37. The standard InChI is InChI=1S/C18H23N3O4S.ClH/c1-13(12-19)20-18(22)14-8-10-15(11-9-14)26(23,24)21(2)16-6-4-5-7-17(16)25-3;/h4-11,13H,12,19H2,1-3H3,(H,20,22);1H/t13-;/m0./s1. The van der Waals surface area contributed by atoms with Gasteiger partial charge in [-0.15, -0.1) is 12.4 Å². The quantitative estimate of drug-likeness (QED) is 0.723. The van der Waals surface area contributed by atoms with Gasteiger partial charge in [-0.05, 0) is 43.3 Å². The van der Waals surface area contributed by atoms with Crippen LogP contribution in [0.5, 0.6) is 5.75 Å². The van der Waals surface area contributed by atoms with E-state index in [0.29, 0.717) is 23.5 Å². The Kier molecular flexibility index (Phi) is 8.08. The van der Waals surface area contributed by atoms with E-state index in [1.54, 1.807) is 31.2 Å². The predicted molar refractivity (Wildman–Crippen MR) is 108 cm³/mol. The molecule has 2 aromatic rings. The summed E-state index contributed by atoms with van der Waals surface area (Å²) in [5.41, 5.74) is 6.27. The minimum absolute atomic E-state index is 0. The number of anilines is 1. The van der Waals surface area contributed by atoms with Crippen molar-refractivity contribution in [2.45, 2.75) is 17.9 Å². The second-order valence-electron chi connectivity index (χ2n) is 5.78. The van der Waals surface area contributed by atoms with Crippen LogP contribution < -0.4 is 20.1 Å². The fourth-order valence-electron chi connectivity index (χ4n) is 2.32. The molecule has 27 heavy (non-hydrogen) atoms. The number of hydrogen-bond acceptors (Lipinski definition) is 5. The van der Waals surface area contributed by atoms with E-state index in [4.69, 9.17) is 10.5 Å². The van der Waals surface area contributed by atoms with Crippen molar-refractivity contribution < 1.29 is 17.9 Å². The number of ether oxygens (including phenoxy) is 1. The van der Waals surface area contributed by atoms with E-state index in [1.807, 2.05) is 0 Å². The summed E-state index contributed by atoms with van der Waals surface area (Å²) in [6.45, 7) is 2.11. The topological polar surface area (TPSA) is 102 Å². The summed E-state index contributed by atoms with van der Waals surface area (Å²) in [7, 11) is -0.857. The van der Waals surface area contributed by atoms with Crippen LogP contribution in [0.15, 0.2) is 53.4 Å². The van der Waals surface area contributed by atoms with E-state index in [1.165, 1.54) is 38.4 Å². The predicted octanol–water partition coefficient (Wildman–Crippen LogP) is 2.02. The minimum Gasteiger partial charge on any atom is -0.495 e. The first-order valence-electron chi connectivity index (χ1n) is 8.04. The molecule has 0 spiro atoms. The number of methoxy groups -OCH3 is 1. The zero-order valence-corrected chi connectivity index (χ0v) is 17.0. The van der Waals surface area contributed by atoms with Gasteiger partial charge in [-0.25, -0.2) is 8.42 Å². The molecule has 0 saturated carbocycles. The fraction of sp³-hybridized carbons (Fsp3) is 0.278. The first-order chi connectivity index (χ1) is 12.3. The van der Waals surface area contributed by atoms with Gasteiger partial charge in [-0.3, -0.25) is 9.10 Å². The fourth-order valence-corrected chi connectivity index (χ4v) is 3.53. The molecule has 1 amide bonds. The summed E-state index contributed by atoms with van der Waals surface area (Å²) in [4.78, 5) is 12.1. The number of nitrogens with one attached hydrogen (secondary N) is 1. The molecule has 9 heteroatoms. The maximum atomic E-state index is 12.9. The third kappa shape index (κ3) is 5.12. The van der Waals surface area contributed by atoms with E-state index in [9.17, 15) is 13.2 Å². The lowest BCUT2D eigenvalue weighted by Gasteiger charge is -2.21. The summed E-state index contributed by atoms with van der Waals surface area (Å²) < 4.78 is 32.1. The number of nitrogens with zero attached hydrogens (tertiary/aromatic N) is 1. The van der Waals surface area contributed by atoms with Crippen LogP contribution in [-0.4, -0.2) is 41.1 Å². The van der Waals surface area contributed by atoms with Crippen LogP contribution in [0.4, 0.5) is 5.69 Å². The molecular weight excluding hydrogens is 390 g/mol. The van der Waals surface area contributed by atoms with E-state index in [2.05, 4.69) is 5.32 Å². The highest BCUT2D eigenvalue weighted by atomic mass is 35.5. The summed E-state index contributed by atoms with van der Waals surface area (Å²) >= 11 is 0. The summed E-state index contributed by atoms with van der Waals surface area (Å²) in [6, 6.07) is 12.4. The second-order valence-corrected chi connectivity index (χ2v) is 7.75. The first kappa shape index (κ1) is 22.8. The van der Waals surface area contributed by atoms with Gasteiger partial charge in [0, 0.05) is 25.2 Å². The van der Waals surface area contributed by atoms with Crippen molar-refractivity contribution in [3.05, 3.63) is 54.1 Å². The van der Waals surface area contributed by atoms with Gasteiger partial charge in [-0.2, -0.15) is 0 Å². The van der Waals surface area contributed by atoms with Crippen molar-refractivity contribution in [2.75, 3.05) is 25.0 Å². The van der Waals surface area contributed by atoms with Crippen molar-refractivity contribution in [3.63, 3.8) is 0 Å². The molecule has 0 aliphatic carbocycles. The van der Waals surface area contributed by atoms with Crippen LogP contribution >= 0.6 is 12.4 Å². The molecule has 2 aromatic carbocycles. The summed E-state index contributed by atoms with van der Waals surface area (Å²) in [5.74, 6) is 0.148. The Morgan fingerprint density at radius 2 is 1.78 bits per heavy atom. The highest BCUT2D eigenvalue weighted by Gasteiger charge is 2.24. The Morgan fingerprint density at radius 3 is 2.33 bits per heavy atom. The van der Waals surface area contributed by atoms with E-state index >= 15 is 0 Å². The smallest absolute Gasteiger partial charge is 0.264 e. The number of hydrogen-bond donors (Lipinski definition) is 2. The number of nitrogens with two attached hydrogens (primary N) is 1. The lowest BCUT2D eigenvalue weighted by molar-refractivity contribution is 0.0941. The Bertz CT molecular complexity index is 872. The molecule has 0 fully saturated rings. The molecule has 7 nitrogen and oxygen atoms in total. The summed E-state index contributed by atoms with van der Waals surface area (Å²) in [6.07, 6.45) is 0. The van der Waals surface area contributed by atoms with Gasteiger partial charge in [-0.1, -0.05) is 12.1 Å². The van der Waals surface area contributed by atoms with Crippen molar-refractivity contribution in [3.8, 4) is 5.75 Å². The van der Waals surface area contributed by atoms with Gasteiger partial charge < -0.3 is 15.8 Å². The van der Waals surface area contributed by atoms with Crippen LogP contribution in [0.3, 0.4) is 0 Å². The zero-order chi connectivity index (χ0) is 19.3. The summed E-state index contributed by atoms with van der Waals surface area (Å²) in [5, 5.41) is 2.73. The Morgan fingerprint density at radius 1 is 1.19 bits per heavy atom. The van der Waals surface area contributed by atoms with Gasteiger partial charge >= 0.3 is 0 Å². The van der Waals surface area contributed by atoms with Gasteiger partial charge in [0.2, 0.25) is 0 Å². The van der Waals surface area contributed by atoms with Crippen LogP contribution in [-0.2, 0) is 10.0 Å². The third-order valence-electron chi connectivity index (χ3n) is 3.93. The number of para-hydroxylation sites is 2. The van der Waals surface area contributed by atoms with Crippen LogP contribution in [0.25, 0.3) is 0 Å². The van der Waals surface area contributed by atoms with Crippen molar-refractivity contribution in [1.82, 2.24) is 5.32 Å². The molecule has 0 heterocycles. The molecule has 0 aliphatic heterocycles. The maximum absolute atomic E-state index is 12.9. The minimum atomic E-state index is -3.79. The molecule has 0 aromatic heterocycles. The number of carbonyl (C=O) groups excluding carboxylic acids is 1. The number of carbonyl (C=O) groups is 1. The molecule has 0 bridgehead atoms. The van der Waals surface area contributed by atoms with Crippen molar-refractivity contribution in [1.29, 1.82) is 0 Å². The normalized spacial score (nSPS) is 11.9. The average Bonchev–Trinajstić information content (AvgIpc) is 2.67. The molecule has 1 atom stereocenters. The number of amides is 1. The van der Waals surface area contributed by atoms with Gasteiger partial charge in [0.15, 0.2) is 0 Å². The molecule has 0 radical (unpaired) electrons. The van der Waals surface area contributed by atoms with E-state index in [0.717, 1.165) is 4.31 Å². The Hall–Kier alpha value is -2.29. The van der Waals surface area contributed by atoms with Crippen LogP contribution in [0.1, 0.15) is 17.3 Å². The van der Waals surface area contributed by atoms with E-state index < -0.39 is 10.0 Å². The molecule has 148 valence electrons. The number of rotatable bonds is 7. The lowest BCUT2D eigenvalue weighted by atomic mass is 10.2. The highest BCUT2D eigenvalue weighted by Crippen LogP contribution is 2.30.